The SMILES string of the molecule is CCC[Si](C)(C1C2C=CC=CC2C2C=CC=CC21)C1C2C=CC=CC2C2C=CC=CC21. The van der Waals surface area contributed by atoms with Gasteiger partial charge in [-0.2, -0.15) is 0 Å². The molecule has 2 fully saturated rings. The maximum absolute atomic E-state index is 2.83. The standard InChI is InChI=1S/C30H36Si/c1-3-20-31(2,29-25-16-8-4-12-21(25)22-13-5-9-17-26(22)29)30-27-18-10-6-14-23(27)24-15-7-11-19-28(24)30/h4-19,21-30H,3,20H2,1-2H3. The Labute approximate surface area is 189 Å². The third-order valence-electron chi connectivity index (χ3n) is 9.75. The van der Waals surface area contributed by atoms with Gasteiger partial charge in [0.15, 0.2) is 0 Å². The Hall–Kier alpha value is -1.86. The van der Waals surface area contributed by atoms with E-state index < -0.39 is 8.07 Å². The average molecular weight is 425 g/mol. The molecule has 0 nitrogen and oxygen atoms in total. The lowest BCUT2D eigenvalue weighted by Gasteiger charge is -2.48. The zero-order chi connectivity index (χ0) is 21.0. The van der Waals surface area contributed by atoms with Gasteiger partial charge in [-0.1, -0.05) is 123 Å². The van der Waals surface area contributed by atoms with Crippen LogP contribution >= 0.6 is 0 Å². The fourth-order valence-electron chi connectivity index (χ4n) is 8.91. The van der Waals surface area contributed by atoms with Crippen molar-refractivity contribution in [2.75, 3.05) is 0 Å². The molecule has 2 saturated carbocycles. The van der Waals surface area contributed by atoms with Crippen LogP contribution in [0.15, 0.2) is 97.2 Å². The predicted octanol–water partition coefficient (Wildman–Crippen LogP) is 7.68. The topological polar surface area (TPSA) is 0 Å². The summed E-state index contributed by atoms with van der Waals surface area (Å²) in [5.41, 5.74) is 1.68. The summed E-state index contributed by atoms with van der Waals surface area (Å²) in [5, 5.41) is 0. The average Bonchev–Trinajstić information content (AvgIpc) is 3.33. The molecule has 0 aromatic heterocycles. The van der Waals surface area contributed by atoms with Crippen LogP contribution in [-0.4, -0.2) is 8.07 Å². The lowest BCUT2D eigenvalue weighted by atomic mass is 9.83. The van der Waals surface area contributed by atoms with E-state index in [9.17, 15) is 0 Å². The van der Waals surface area contributed by atoms with Crippen LogP contribution in [0, 0.1) is 47.3 Å². The van der Waals surface area contributed by atoms with Crippen molar-refractivity contribution >= 4 is 8.07 Å². The molecule has 0 aromatic rings. The van der Waals surface area contributed by atoms with E-state index in [1.54, 1.807) is 0 Å². The fourth-order valence-corrected chi connectivity index (χ4v) is 15.9. The van der Waals surface area contributed by atoms with Crippen LogP contribution in [0.5, 0.6) is 0 Å². The molecule has 0 radical (unpaired) electrons. The molecule has 8 unspecified atom stereocenters. The van der Waals surface area contributed by atoms with E-state index in [0.717, 1.165) is 34.8 Å². The van der Waals surface area contributed by atoms with Gasteiger partial charge in [0.05, 0.1) is 8.07 Å². The first-order chi connectivity index (χ1) is 15.2. The second-order valence-corrected chi connectivity index (χ2v) is 15.9. The van der Waals surface area contributed by atoms with Crippen LogP contribution in [0.4, 0.5) is 0 Å². The first-order valence-corrected chi connectivity index (χ1v) is 15.5. The van der Waals surface area contributed by atoms with Gasteiger partial charge >= 0.3 is 0 Å². The molecule has 0 N–H and O–H groups in total. The van der Waals surface area contributed by atoms with Crippen LogP contribution in [0.1, 0.15) is 13.3 Å². The van der Waals surface area contributed by atoms with Crippen molar-refractivity contribution < 1.29 is 0 Å². The number of hydrogen-bond acceptors (Lipinski definition) is 0. The van der Waals surface area contributed by atoms with E-state index >= 15 is 0 Å². The van der Waals surface area contributed by atoms with Crippen LogP contribution in [-0.2, 0) is 0 Å². The molecule has 0 amide bonds. The van der Waals surface area contributed by atoms with E-state index in [1.807, 2.05) is 0 Å². The summed E-state index contributed by atoms with van der Waals surface area (Å²) in [6.45, 7) is 5.28. The molecule has 0 spiro atoms. The van der Waals surface area contributed by atoms with E-state index in [2.05, 4.69) is 111 Å². The zero-order valence-electron chi connectivity index (χ0n) is 18.9. The molecule has 0 bridgehead atoms. The number of hydrogen-bond donors (Lipinski definition) is 0. The van der Waals surface area contributed by atoms with Gasteiger partial charge in [0.2, 0.25) is 0 Å². The van der Waals surface area contributed by atoms with E-state index in [0.29, 0.717) is 23.7 Å². The molecule has 0 saturated heterocycles. The second kappa shape index (κ2) is 7.62. The van der Waals surface area contributed by atoms with Gasteiger partial charge in [-0.05, 0) is 58.4 Å². The fraction of sp³-hybridized carbons (Fsp3) is 0.467. The van der Waals surface area contributed by atoms with Crippen molar-refractivity contribution in [2.45, 2.75) is 37.0 Å². The van der Waals surface area contributed by atoms with Crippen LogP contribution in [0.2, 0.25) is 23.7 Å². The second-order valence-electron chi connectivity index (χ2n) is 11.0. The first kappa shape index (κ1) is 19.8. The quantitative estimate of drug-likeness (QED) is 0.406. The third-order valence-corrected chi connectivity index (χ3v) is 15.9. The number of allylic oxidation sites excluding steroid dienone is 16. The molecule has 0 heterocycles. The Kier molecular flexibility index (Phi) is 4.87. The van der Waals surface area contributed by atoms with Gasteiger partial charge in [0, 0.05) is 0 Å². The Bertz CT molecular complexity index is 813. The highest BCUT2D eigenvalue weighted by molar-refractivity contribution is 6.82. The van der Waals surface area contributed by atoms with Crippen molar-refractivity contribution in [1.29, 1.82) is 0 Å². The predicted molar refractivity (Wildman–Crippen MR) is 135 cm³/mol. The van der Waals surface area contributed by atoms with Crippen LogP contribution in [0.3, 0.4) is 0 Å². The Balaban J connectivity index is 1.48. The van der Waals surface area contributed by atoms with Crippen molar-refractivity contribution in [2.24, 2.45) is 47.3 Å². The summed E-state index contributed by atoms with van der Waals surface area (Å²) < 4.78 is 0. The molecule has 8 atom stereocenters. The maximum Gasteiger partial charge on any atom is 0.0591 e. The van der Waals surface area contributed by atoms with Crippen molar-refractivity contribution in [3.63, 3.8) is 0 Å². The Morgan fingerprint density at radius 2 is 0.710 bits per heavy atom. The van der Waals surface area contributed by atoms with E-state index in [-0.39, 0.29) is 0 Å². The Morgan fingerprint density at radius 3 is 0.968 bits per heavy atom. The smallest absolute Gasteiger partial charge is 0.0591 e. The van der Waals surface area contributed by atoms with Crippen molar-refractivity contribution in [3.8, 4) is 0 Å². The molecular weight excluding hydrogens is 388 g/mol. The van der Waals surface area contributed by atoms with Gasteiger partial charge in [-0.25, -0.2) is 0 Å². The molecule has 0 aliphatic heterocycles. The summed E-state index contributed by atoms with van der Waals surface area (Å²) >= 11 is 0. The van der Waals surface area contributed by atoms with Crippen LogP contribution in [0.25, 0.3) is 0 Å². The van der Waals surface area contributed by atoms with Crippen LogP contribution < -0.4 is 0 Å². The van der Waals surface area contributed by atoms with Gasteiger partial charge < -0.3 is 0 Å². The summed E-state index contributed by atoms with van der Waals surface area (Å²) in [7, 11) is -1.66. The summed E-state index contributed by atoms with van der Waals surface area (Å²) in [5.74, 6) is 5.67. The largest absolute Gasteiger partial charge is 0.0808 e. The summed E-state index contributed by atoms with van der Waals surface area (Å²) in [6.07, 6.45) is 40.6. The molecule has 6 aliphatic rings. The monoisotopic (exact) mass is 424 g/mol. The molecule has 31 heavy (non-hydrogen) atoms. The van der Waals surface area contributed by atoms with E-state index in [4.69, 9.17) is 0 Å². The molecular formula is C30H36Si. The zero-order valence-corrected chi connectivity index (χ0v) is 19.9. The highest BCUT2D eigenvalue weighted by Crippen LogP contribution is 2.67. The van der Waals surface area contributed by atoms with Gasteiger partial charge in [-0.15, -0.1) is 0 Å². The number of fused-ring (bicyclic) bond motifs is 6. The highest BCUT2D eigenvalue weighted by atomic mass is 28.3. The molecule has 0 aromatic carbocycles. The number of rotatable bonds is 4. The minimum Gasteiger partial charge on any atom is -0.0808 e. The minimum atomic E-state index is -1.66. The van der Waals surface area contributed by atoms with Crippen molar-refractivity contribution in [3.05, 3.63) is 97.2 Å². The van der Waals surface area contributed by atoms with Gasteiger partial charge in [-0.3, -0.25) is 0 Å². The normalized spacial score (nSPS) is 47.2. The minimum absolute atomic E-state index is 0.696. The van der Waals surface area contributed by atoms with E-state index in [1.165, 1.54) is 12.5 Å². The first-order valence-electron chi connectivity index (χ1n) is 12.6. The van der Waals surface area contributed by atoms with Gasteiger partial charge in [0.25, 0.3) is 0 Å². The molecule has 1 heteroatoms. The summed E-state index contributed by atoms with van der Waals surface area (Å²) in [4.78, 5) is 0. The maximum atomic E-state index is 2.83. The highest BCUT2D eigenvalue weighted by Gasteiger charge is 2.62. The lowest BCUT2D eigenvalue weighted by molar-refractivity contribution is 0.461. The lowest BCUT2D eigenvalue weighted by Crippen LogP contribution is -2.48. The van der Waals surface area contributed by atoms with Gasteiger partial charge in [0.1, 0.15) is 0 Å². The summed E-state index contributed by atoms with van der Waals surface area (Å²) in [6, 6.07) is 1.46. The molecule has 6 rings (SSSR count). The third kappa shape index (κ3) is 2.85. The van der Waals surface area contributed by atoms with Crippen molar-refractivity contribution in [1.82, 2.24) is 0 Å². The Morgan fingerprint density at radius 1 is 0.452 bits per heavy atom. The molecule has 160 valence electrons. The molecule has 6 aliphatic carbocycles.